The maximum atomic E-state index is 12.2. The first kappa shape index (κ1) is 18.0. The van der Waals surface area contributed by atoms with Crippen LogP contribution in [-0.4, -0.2) is 10.9 Å². The van der Waals surface area contributed by atoms with Crippen molar-refractivity contribution in [2.45, 2.75) is 20.5 Å². The van der Waals surface area contributed by atoms with E-state index in [1.807, 2.05) is 13.8 Å². The van der Waals surface area contributed by atoms with Gasteiger partial charge < -0.3 is 4.74 Å². The number of hydrogen-bond donors (Lipinski definition) is 0. The zero-order chi connectivity index (χ0) is 17.4. The molecule has 0 bridgehead atoms. The zero-order valence-corrected chi connectivity index (χ0v) is 14.7. The van der Waals surface area contributed by atoms with Gasteiger partial charge in [-0.1, -0.05) is 54.7 Å². The number of benzene rings is 1. The van der Waals surface area contributed by atoms with Crippen molar-refractivity contribution in [3.63, 3.8) is 0 Å². The third-order valence-corrected chi connectivity index (χ3v) is 4.63. The second-order valence-corrected chi connectivity index (χ2v) is 7.35. The molecule has 0 N–H and O–H groups in total. The summed E-state index contributed by atoms with van der Waals surface area (Å²) in [5.74, 6) is -0.805. The second kappa shape index (κ2) is 6.67. The largest absolute Gasteiger partial charge is 0.461 e. The normalized spacial score (nSPS) is 21.4. The Morgan fingerprint density at radius 3 is 2.65 bits per heavy atom. The Bertz CT molecular complexity index is 683. The number of nitro benzene ring substituents is 1. The second-order valence-electron chi connectivity index (χ2n) is 5.93. The van der Waals surface area contributed by atoms with E-state index in [4.69, 9.17) is 39.5 Å². The molecule has 1 saturated carbocycles. The Morgan fingerprint density at radius 1 is 1.43 bits per heavy atom. The molecule has 0 spiro atoms. The van der Waals surface area contributed by atoms with Crippen molar-refractivity contribution < 1.29 is 14.5 Å². The van der Waals surface area contributed by atoms with Gasteiger partial charge in [-0.3, -0.25) is 14.9 Å². The van der Waals surface area contributed by atoms with Gasteiger partial charge in [0.05, 0.1) is 10.8 Å². The van der Waals surface area contributed by atoms with E-state index in [2.05, 4.69) is 0 Å². The minimum absolute atomic E-state index is 0.0374. The van der Waals surface area contributed by atoms with Crippen LogP contribution in [0.25, 0.3) is 0 Å². The predicted octanol–water partition coefficient (Wildman–Crippen LogP) is 4.88. The molecule has 2 atom stereocenters. The van der Waals surface area contributed by atoms with Crippen molar-refractivity contribution in [3.05, 3.63) is 49.5 Å². The Hall–Kier alpha value is -1.30. The van der Waals surface area contributed by atoms with Crippen molar-refractivity contribution in [1.82, 2.24) is 0 Å². The van der Waals surface area contributed by atoms with Gasteiger partial charge in [-0.15, -0.1) is 0 Å². The van der Waals surface area contributed by atoms with Crippen LogP contribution in [0.5, 0.6) is 0 Å². The molecular weight excluding hydrogens is 365 g/mol. The van der Waals surface area contributed by atoms with E-state index >= 15 is 0 Å². The van der Waals surface area contributed by atoms with Gasteiger partial charge in [-0.2, -0.15) is 0 Å². The molecule has 0 amide bonds. The summed E-state index contributed by atoms with van der Waals surface area (Å²) in [6, 6.07) is 4.27. The van der Waals surface area contributed by atoms with Gasteiger partial charge in [0.25, 0.3) is 5.69 Å². The van der Waals surface area contributed by atoms with Crippen LogP contribution in [0.15, 0.2) is 28.8 Å². The van der Waals surface area contributed by atoms with Crippen molar-refractivity contribution in [2.24, 2.45) is 17.3 Å². The van der Waals surface area contributed by atoms with Gasteiger partial charge in [-0.25, -0.2) is 0 Å². The van der Waals surface area contributed by atoms with Gasteiger partial charge in [0.2, 0.25) is 0 Å². The quantitative estimate of drug-likeness (QED) is 0.416. The lowest BCUT2D eigenvalue weighted by atomic mass is 10.1. The van der Waals surface area contributed by atoms with E-state index in [1.165, 1.54) is 12.1 Å². The third kappa shape index (κ3) is 3.97. The molecule has 124 valence electrons. The van der Waals surface area contributed by atoms with Gasteiger partial charge in [0.1, 0.15) is 16.1 Å². The van der Waals surface area contributed by atoms with E-state index in [9.17, 15) is 14.9 Å². The predicted molar refractivity (Wildman–Crippen MR) is 88.5 cm³/mol. The molecule has 0 aromatic heterocycles. The van der Waals surface area contributed by atoms with Crippen LogP contribution in [-0.2, 0) is 16.1 Å². The Labute approximate surface area is 148 Å². The number of carbonyl (C=O) groups is 1. The fourth-order valence-electron chi connectivity index (χ4n) is 2.61. The lowest BCUT2D eigenvalue weighted by Crippen LogP contribution is -2.10. The van der Waals surface area contributed by atoms with Crippen molar-refractivity contribution in [2.75, 3.05) is 0 Å². The summed E-state index contributed by atoms with van der Waals surface area (Å²) in [5.41, 5.74) is -0.00459. The summed E-state index contributed by atoms with van der Waals surface area (Å²) >= 11 is 17.0. The number of allylic oxidation sites excluding steroid dienone is 1. The molecule has 0 aliphatic heterocycles. The molecule has 1 aliphatic carbocycles. The van der Waals surface area contributed by atoms with E-state index in [0.29, 0.717) is 5.56 Å². The smallest absolute Gasteiger partial charge is 0.310 e. The van der Waals surface area contributed by atoms with Crippen LogP contribution in [0.1, 0.15) is 19.4 Å². The lowest BCUT2D eigenvalue weighted by Gasteiger charge is -2.06. The summed E-state index contributed by atoms with van der Waals surface area (Å²) in [6.07, 6.45) is 1.63. The number of hydrogen-bond acceptors (Lipinski definition) is 4. The fourth-order valence-corrected chi connectivity index (χ4v) is 3.06. The molecule has 8 heteroatoms. The Morgan fingerprint density at radius 2 is 2.09 bits per heavy atom. The Kier molecular flexibility index (Phi) is 5.23. The lowest BCUT2D eigenvalue weighted by molar-refractivity contribution is -0.384. The third-order valence-electron chi connectivity index (χ3n) is 4.06. The molecular formula is C15H14Cl3NO4. The molecule has 2 rings (SSSR count). The summed E-state index contributed by atoms with van der Waals surface area (Å²) in [6.45, 7) is 3.78. The highest BCUT2D eigenvalue weighted by Gasteiger charge is 2.61. The van der Waals surface area contributed by atoms with Gasteiger partial charge in [0, 0.05) is 6.07 Å². The van der Waals surface area contributed by atoms with Crippen LogP contribution in [0, 0.1) is 27.4 Å². The van der Waals surface area contributed by atoms with Crippen LogP contribution >= 0.6 is 34.8 Å². The average molecular weight is 379 g/mol. The first-order chi connectivity index (χ1) is 10.6. The molecule has 1 fully saturated rings. The van der Waals surface area contributed by atoms with E-state index in [0.717, 1.165) is 0 Å². The van der Waals surface area contributed by atoms with Crippen LogP contribution < -0.4 is 0 Å². The van der Waals surface area contributed by atoms with Crippen molar-refractivity contribution in [1.29, 1.82) is 0 Å². The summed E-state index contributed by atoms with van der Waals surface area (Å²) < 4.78 is 5.37. The fraction of sp³-hybridized carbons (Fsp3) is 0.400. The molecule has 0 heterocycles. The van der Waals surface area contributed by atoms with E-state index < -0.39 is 4.92 Å². The van der Waals surface area contributed by atoms with Crippen LogP contribution in [0.4, 0.5) is 5.69 Å². The van der Waals surface area contributed by atoms with Crippen molar-refractivity contribution >= 4 is 46.5 Å². The van der Waals surface area contributed by atoms with E-state index in [1.54, 1.807) is 12.1 Å². The molecule has 1 aliphatic rings. The van der Waals surface area contributed by atoms with Crippen LogP contribution in [0.2, 0.25) is 5.02 Å². The number of ether oxygens (including phenoxy) is 1. The SMILES string of the molecule is CC1(C)C(C=C(Cl)Cl)C1C(=O)OCc1ccc(Cl)c([N+](=O)[O-])c1. The van der Waals surface area contributed by atoms with Crippen molar-refractivity contribution in [3.8, 4) is 0 Å². The zero-order valence-electron chi connectivity index (χ0n) is 12.4. The number of carbonyl (C=O) groups excluding carboxylic acids is 1. The first-order valence-corrected chi connectivity index (χ1v) is 7.90. The molecule has 5 nitrogen and oxygen atoms in total. The molecule has 0 radical (unpaired) electrons. The summed E-state index contributed by atoms with van der Waals surface area (Å²) in [5, 5.41) is 10.9. The minimum Gasteiger partial charge on any atom is -0.461 e. The molecule has 1 aromatic carbocycles. The first-order valence-electron chi connectivity index (χ1n) is 6.77. The number of nitrogens with zero attached hydrogens (tertiary/aromatic N) is 1. The number of nitro groups is 1. The van der Waals surface area contributed by atoms with Gasteiger partial charge >= 0.3 is 5.97 Å². The monoisotopic (exact) mass is 377 g/mol. The number of halogens is 3. The standard InChI is InChI=1S/C15H14Cl3NO4/c1-15(2)9(6-12(17)18)13(15)14(20)23-7-8-3-4-10(16)11(5-8)19(21)22/h3-6,9,13H,7H2,1-2H3. The highest BCUT2D eigenvalue weighted by molar-refractivity contribution is 6.55. The molecule has 0 saturated heterocycles. The number of rotatable bonds is 5. The number of esters is 1. The highest BCUT2D eigenvalue weighted by atomic mass is 35.5. The highest BCUT2D eigenvalue weighted by Crippen LogP contribution is 2.60. The van der Waals surface area contributed by atoms with Gasteiger partial charge in [-0.05, 0) is 29.0 Å². The average Bonchev–Trinajstić information content (AvgIpc) is 2.97. The van der Waals surface area contributed by atoms with Gasteiger partial charge in [0.15, 0.2) is 0 Å². The van der Waals surface area contributed by atoms with Crippen LogP contribution in [0.3, 0.4) is 0 Å². The maximum Gasteiger partial charge on any atom is 0.310 e. The molecule has 23 heavy (non-hydrogen) atoms. The Balaban J connectivity index is 2.02. The summed E-state index contributed by atoms with van der Waals surface area (Å²) in [4.78, 5) is 22.4. The molecule has 2 unspecified atom stereocenters. The maximum absolute atomic E-state index is 12.2. The minimum atomic E-state index is -0.582. The molecule has 1 aromatic rings. The summed E-state index contributed by atoms with van der Waals surface area (Å²) in [7, 11) is 0. The van der Waals surface area contributed by atoms with E-state index in [-0.39, 0.29) is 45.0 Å². The topological polar surface area (TPSA) is 69.4 Å².